The Morgan fingerprint density at radius 1 is 1.36 bits per heavy atom. The second kappa shape index (κ2) is 6.46. The van der Waals surface area contributed by atoms with E-state index in [4.69, 9.17) is 4.74 Å². The first-order chi connectivity index (χ1) is 10.8. The molecule has 7 heteroatoms. The Balaban J connectivity index is 1.60. The Morgan fingerprint density at radius 3 is 2.77 bits per heavy atom. The van der Waals surface area contributed by atoms with Gasteiger partial charge in [0.05, 0.1) is 25.5 Å². The topological polar surface area (TPSA) is 76.4 Å². The van der Waals surface area contributed by atoms with Crippen LogP contribution in [0.5, 0.6) is 5.75 Å². The summed E-state index contributed by atoms with van der Waals surface area (Å²) in [7, 11) is 3.42. The molecule has 1 aromatic carbocycles. The van der Waals surface area contributed by atoms with E-state index in [0.717, 1.165) is 23.1 Å². The van der Waals surface area contributed by atoms with Crippen molar-refractivity contribution in [3.05, 3.63) is 36.2 Å². The maximum Gasteiger partial charge on any atom is 0.191 e. The zero-order valence-electron chi connectivity index (χ0n) is 12.8. The van der Waals surface area contributed by atoms with Crippen molar-refractivity contribution in [1.82, 2.24) is 25.6 Å². The minimum Gasteiger partial charge on any atom is -0.497 e. The Kier molecular flexibility index (Phi) is 4.22. The van der Waals surface area contributed by atoms with Gasteiger partial charge in [-0.1, -0.05) is 5.21 Å². The van der Waals surface area contributed by atoms with E-state index in [2.05, 4.69) is 25.9 Å². The second-order valence-electron chi connectivity index (χ2n) is 5.20. The predicted octanol–water partition coefficient (Wildman–Crippen LogP) is 1.10. The van der Waals surface area contributed by atoms with Crippen molar-refractivity contribution in [2.45, 2.75) is 25.4 Å². The number of methoxy groups -OCH3 is 1. The molecule has 0 spiro atoms. The summed E-state index contributed by atoms with van der Waals surface area (Å²) < 4.78 is 6.89. The molecule has 0 unspecified atom stereocenters. The van der Waals surface area contributed by atoms with Crippen LogP contribution < -0.4 is 15.4 Å². The molecule has 116 valence electrons. The van der Waals surface area contributed by atoms with Crippen LogP contribution in [0.4, 0.5) is 0 Å². The fourth-order valence-corrected chi connectivity index (χ4v) is 2.03. The van der Waals surface area contributed by atoms with Gasteiger partial charge in [0.25, 0.3) is 0 Å². The highest BCUT2D eigenvalue weighted by molar-refractivity contribution is 5.80. The summed E-state index contributed by atoms with van der Waals surface area (Å²) in [5.41, 5.74) is 1.80. The number of hydrogen-bond acceptors (Lipinski definition) is 4. The molecular formula is C15H20N6O. The Hall–Kier alpha value is -2.57. The van der Waals surface area contributed by atoms with Gasteiger partial charge in [0.2, 0.25) is 0 Å². The smallest absolute Gasteiger partial charge is 0.191 e. The van der Waals surface area contributed by atoms with Crippen LogP contribution in [0.15, 0.2) is 35.5 Å². The van der Waals surface area contributed by atoms with Crippen LogP contribution in [-0.4, -0.2) is 41.2 Å². The van der Waals surface area contributed by atoms with Crippen LogP contribution in [0.1, 0.15) is 18.5 Å². The summed E-state index contributed by atoms with van der Waals surface area (Å²) in [6, 6.07) is 8.25. The number of ether oxygens (including phenoxy) is 1. The van der Waals surface area contributed by atoms with Gasteiger partial charge in [0.15, 0.2) is 5.96 Å². The lowest BCUT2D eigenvalue weighted by Crippen LogP contribution is -2.38. The molecule has 22 heavy (non-hydrogen) atoms. The number of benzene rings is 1. The van der Waals surface area contributed by atoms with Crippen LogP contribution in [-0.2, 0) is 6.54 Å². The van der Waals surface area contributed by atoms with Gasteiger partial charge in [-0.25, -0.2) is 4.68 Å². The Bertz CT molecular complexity index is 644. The van der Waals surface area contributed by atoms with Crippen molar-refractivity contribution < 1.29 is 4.74 Å². The van der Waals surface area contributed by atoms with E-state index in [1.165, 1.54) is 12.8 Å². The third-order valence-electron chi connectivity index (χ3n) is 3.46. The summed E-state index contributed by atoms with van der Waals surface area (Å²) in [6.45, 7) is 0.586. The molecule has 1 aliphatic rings. The molecule has 0 radical (unpaired) electrons. The standard InChI is InChI=1S/C15H20N6O/c1-16-15(18-11-3-4-11)17-9-12-10-21(20-19-12)13-5-7-14(22-2)8-6-13/h5-8,10-11H,3-4,9H2,1-2H3,(H2,16,17,18). The van der Waals surface area contributed by atoms with Crippen molar-refractivity contribution in [3.8, 4) is 11.4 Å². The van der Waals surface area contributed by atoms with E-state index in [1.807, 2.05) is 30.5 Å². The molecule has 1 aromatic heterocycles. The fourth-order valence-electron chi connectivity index (χ4n) is 2.03. The van der Waals surface area contributed by atoms with Crippen molar-refractivity contribution in [1.29, 1.82) is 0 Å². The average molecular weight is 300 g/mol. The first kappa shape index (κ1) is 14.4. The summed E-state index contributed by atoms with van der Waals surface area (Å²) in [5, 5.41) is 14.9. The number of rotatable bonds is 5. The zero-order chi connectivity index (χ0) is 15.4. The molecule has 0 amide bonds. The van der Waals surface area contributed by atoms with E-state index < -0.39 is 0 Å². The van der Waals surface area contributed by atoms with Gasteiger partial charge in [-0.05, 0) is 37.1 Å². The Labute approximate surface area is 129 Å². The lowest BCUT2D eigenvalue weighted by Gasteiger charge is -2.09. The summed E-state index contributed by atoms with van der Waals surface area (Å²) in [4.78, 5) is 4.19. The van der Waals surface area contributed by atoms with Gasteiger partial charge in [0.1, 0.15) is 11.4 Å². The highest BCUT2D eigenvalue weighted by atomic mass is 16.5. The highest BCUT2D eigenvalue weighted by Gasteiger charge is 2.22. The lowest BCUT2D eigenvalue weighted by atomic mass is 10.3. The van der Waals surface area contributed by atoms with Gasteiger partial charge in [-0.2, -0.15) is 0 Å². The van der Waals surface area contributed by atoms with E-state index in [9.17, 15) is 0 Å². The van der Waals surface area contributed by atoms with Crippen LogP contribution in [0.3, 0.4) is 0 Å². The normalized spacial score (nSPS) is 14.7. The maximum atomic E-state index is 5.15. The number of nitrogens with zero attached hydrogens (tertiary/aromatic N) is 4. The molecule has 0 aliphatic heterocycles. The average Bonchev–Trinajstić information content (AvgIpc) is 3.26. The van der Waals surface area contributed by atoms with Gasteiger partial charge >= 0.3 is 0 Å². The van der Waals surface area contributed by atoms with Gasteiger partial charge in [-0.3, -0.25) is 4.99 Å². The molecule has 3 rings (SSSR count). The van der Waals surface area contributed by atoms with Gasteiger partial charge in [-0.15, -0.1) is 5.10 Å². The third kappa shape index (κ3) is 3.55. The second-order valence-corrected chi connectivity index (χ2v) is 5.20. The fraction of sp³-hybridized carbons (Fsp3) is 0.400. The van der Waals surface area contributed by atoms with E-state index >= 15 is 0 Å². The quantitative estimate of drug-likeness (QED) is 0.639. The Morgan fingerprint density at radius 2 is 2.14 bits per heavy atom. The molecule has 2 aromatic rings. The molecular weight excluding hydrogens is 280 g/mol. The summed E-state index contributed by atoms with van der Waals surface area (Å²) in [6.07, 6.45) is 4.34. The molecule has 1 aliphatic carbocycles. The van der Waals surface area contributed by atoms with Crippen molar-refractivity contribution >= 4 is 5.96 Å². The number of hydrogen-bond donors (Lipinski definition) is 2. The first-order valence-electron chi connectivity index (χ1n) is 7.31. The van der Waals surface area contributed by atoms with Crippen molar-refractivity contribution in [2.24, 2.45) is 4.99 Å². The minimum absolute atomic E-state index is 0.571. The molecule has 0 atom stereocenters. The van der Waals surface area contributed by atoms with Crippen molar-refractivity contribution in [2.75, 3.05) is 14.2 Å². The largest absolute Gasteiger partial charge is 0.497 e. The zero-order valence-corrected chi connectivity index (χ0v) is 12.8. The SMILES string of the molecule is CN=C(NCc1cn(-c2ccc(OC)cc2)nn1)NC1CC1. The maximum absolute atomic E-state index is 5.15. The monoisotopic (exact) mass is 300 g/mol. The lowest BCUT2D eigenvalue weighted by molar-refractivity contribution is 0.414. The van der Waals surface area contributed by atoms with Crippen molar-refractivity contribution in [3.63, 3.8) is 0 Å². The highest BCUT2D eigenvalue weighted by Crippen LogP contribution is 2.18. The number of nitrogens with one attached hydrogen (secondary N) is 2. The van der Waals surface area contributed by atoms with E-state index in [0.29, 0.717) is 12.6 Å². The summed E-state index contributed by atoms with van der Waals surface area (Å²) in [5.74, 6) is 1.63. The number of guanidine groups is 1. The molecule has 0 bridgehead atoms. The minimum atomic E-state index is 0.571. The molecule has 1 fully saturated rings. The first-order valence-corrected chi connectivity index (χ1v) is 7.31. The molecule has 2 N–H and O–H groups in total. The third-order valence-corrected chi connectivity index (χ3v) is 3.46. The number of aliphatic imine (C=N–C) groups is 1. The summed E-state index contributed by atoms with van der Waals surface area (Å²) >= 11 is 0. The van der Waals surface area contributed by atoms with Crippen LogP contribution >= 0.6 is 0 Å². The van der Waals surface area contributed by atoms with Crippen LogP contribution in [0, 0.1) is 0 Å². The number of aromatic nitrogens is 3. The molecule has 0 saturated heterocycles. The van der Waals surface area contributed by atoms with Crippen LogP contribution in [0.2, 0.25) is 0 Å². The van der Waals surface area contributed by atoms with Gasteiger partial charge in [0, 0.05) is 13.1 Å². The molecule has 1 heterocycles. The van der Waals surface area contributed by atoms with Crippen LogP contribution in [0.25, 0.3) is 5.69 Å². The molecule has 1 saturated carbocycles. The van der Waals surface area contributed by atoms with E-state index in [-0.39, 0.29) is 0 Å². The van der Waals surface area contributed by atoms with Gasteiger partial charge < -0.3 is 15.4 Å². The molecule has 7 nitrogen and oxygen atoms in total. The predicted molar refractivity (Wildman–Crippen MR) is 84.3 cm³/mol. The van der Waals surface area contributed by atoms with E-state index in [1.54, 1.807) is 18.8 Å².